The SMILES string of the molecule is O=C1OCCCC1C(CC1CC2C=CC1C2)C(=O)OC(F)(F)F. The number of halogens is 3. The van der Waals surface area contributed by atoms with Gasteiger partial charge in [0.2, 0.25) is 0 Å². The number of alkyl halides is 3. The van der Waals surface area contributed by atoms with Crippen molar-refractivity contribution >= 4 is 11.9 Å². The van der Waals surface area contributed by atoms with Gasteiger partial charge in [0.05, 0.1) is 18.4 Å². The molecule has 3 aliphatic rings. The van der Waals surface area contributed by atoms with Gasteiger partial charge >= 0.3 is 18.3 Å². The van der Waals surface area contributed by atoms with E-state index in [9.17, 15) is 22.8 Å². The van der Waals surface area contributed by atoms with Crippen LogP contribution in [0.5, 0.6) is 0 Å². The van der Waals surface area contributed by atoms with E-state index >= 15 is 0 Å². The molecule has 1 saturated heterocycles. The summed E-state index contributed by atoms with van der Waals surface area (Å²) in [5.41, 5.74) is 0. The summed E-state index contributed by atoms with van der Waals surface area (Å²) in [6.45, 7) is 0.257. The van der Waals surface area contributed by atoms with Crippen molar-refractivity contribution < 1.29 is 32.2 Å². The van der Waals surface area contributed by atoms with Crippen molar-refractivity contribution in [3.8, 4) is 0 Å². The monoisotopic (exact) mass is 332 g/mol. The van der Waals surface area contributed by atoms with Crippen molar-refractivity contribution in [2.75, 3.05) is 6.61 Å². The number of fused-ring (bicyclic) bond motifs is 2. The third-order valence-electron chi connectivity index (χ3n) is 5.18. The molecule has 0 radical (unpaired) electrons. The van der Waals surface area contributed by atoms with E-state index in [2.05, 4.69) is 16.9 Å². The second-order valence-electron chi connectivity index (χ2n) is 6.67. The van der Waals surface area contributed by atoms with Gasteiger partial charge in [-0.15, -0.1) is 13.2 Å². The Labute approximate surface area is 132 Å². The molecule has 0 aromatic carbocycles. The molecule has 0 amide bonds. The summed E-state index contributed by atoms with van der Waals surface area (Å²) in [5.74, 6) is -2.98. The smallest absolute Gasteiger partial charge is 0.465 e. The fourth-order valence-electron chi connectivity index (χ4n) is 4.17. The molecule has 4 nitrogen and oxygen atoms in total. The zero-order valence-electron chi connectivity index (χ0n) is 12.6. The summed E-state index contributed by atoms with van der Waals surface area (Å²) in [7, 11) is 0. The Morgan fingerprint density at radius 1 is 1.35 bits per heavy atom. The van der Waals surface area contributed by atoms with Crippen molar-refractivity contribution in [1.82, 2.24) is 0 Å². The van der Waals surface area contributed by atoms with Gasteiger partial charge in [0.15, 0.2) is 0 Å². The molecule has 5 atom stereocenters. The lowest BCUT2D eigenvalue weighted by Gasteiger charge is -2.30. The molecule has 1 heterocycles. The van der Waals surface area contributed by atoms with Crippen LogP contribution in [0.15, 0.2) is 12.2 Å². The summed E-state index contributed by atoms with van der Waals surface area (Å²) in [5, 5.41) is 0. The van der Waals surface area contributed by atoms with Gasteiger partial charge in [0.1, 0.15) is 0 Å². The van der Waals surface area contributed by atoms with Crippen LogP contribution in [-0.4, -0.2) is 24.9 Å². The Balaban J connectivity index is 1.74. The molecule has 3 rings (SSSR count). The number of allylic oxidation sites excluding steroid dienone is 2. The fraction of sp³-hybridized carbons (Fsp3) is 0.750. The Kier molecular flexibility index (Phi) is 4.38. The molecular formula is C16H19F3O4. The van der Waals surface area contributed by atoms with Gasteiger partial charge in [-0.25, -0.2) is 0 Å². The lowest BCUT2D eigenvalue weighted by Crippen LogP contribution is -2.38. The highest BCUT2D eigenvalue weighted by Gasteiger charge is 2.46. The van der Waals surface area contributed by atoms with Crippen LogP contribution in [0.2, 0.25) is 0 Å². The minimum atomic E-state index is -5.03. The molecular weight excluding hydrogens is 313 g/mol. The first-order valence-corrected chi connectivity index (χ1v) is 7.98. The highest BCUT2D eigenvalue weighted by Crippen LogP contribution is 2.47. The molecule has 7 heteroatoms. The van der Waals surface area contributed by atoms with Crippen LogP contribution < -0.4 is 0 Å². The van der Waals surface area contributed by atoms with E-state index in [4.69, 9.17) is 4.74 Å². The number of carbonyl (C=O) groups is 2. The van der Waals surface area contributed by atoms with E-state index in [1.807, 2.05) is 0 Å². The normalized spacial score (nSPS) is 34.3. The highest BCUT2D eigenvalue weighted by atomic mass is 19.4. The summed E-state index contributed by atoms with van der Waals surface area (Å²) >= 11 is 0. The van der Waals surface area contributed by atoms with Crippen molar-refractivity contribution in [3.05, 3.63) is 12.2 Å². The minimum Gasteiger partial charge on any atom is -0.465 e. The molecule has 0 aromatic rings. The van der Waals surface area contributed by atoms with Crippen molar-refractivity contribution in [2.45, 2.75) is 38.5 Å². The van der Waals surface area contributed by atoms with Crippen LogP contribution in [0.4, 0.5) is 13.2 Å². The summed E-state index contributed by atoms with van der Waals surface area (Å²) in [4.78, 5) is 23.9. The van der Waals surface area contributed by atoms with Crippen LogP contribution in [-0.2, 0) is 19.1 Å². The maximum Gasteiger partial charge on any atom is 0.575 e. The molecule has 1 saturated carbocycles. The summed E-state index contributed by atoms with van der Waals surface area (Å²) in [6.07, 6.45) is 2.20. The predicted molar refractivity (Wildman–Crippen MR) is 72.8 cm³/mol. The third-order valence-corrected chi connectivity index (χ3v) is 5.18. The molecule has 2 fully saturated rings. The maximum absolute atomic E-state index is 12.4. The number of rotatable bonds is 4. The topological polar surface area (TPSA) is 52.6 Å². The Morgan fingerprint density at radius 3 is 2.70 bits per heavy atom. The Morgan fingerprint density at radius 2 is 2.13 bits per heavy atom. The van der Waals surface area contributed by atoms with Gasteiger partial charge in [0.25, 0.3) is 0 Å². The molecule has 2 aliphatic carbocycles. The van der Waals surface area contributed by atoms with Crippen LogP contribution in [0, 0.1) is 29.6 Å². The number of hydrogen-bond acceptors (Lipinski definition) is 4. The first-order chi connectivity index (χ1) is 10.8. The van der Waals surface area contributed by atoms with Gasteiger partial charge in [0, 0.05) is 0 Å². The van der Waals surface area contributed by atoms with Gasteiger partial charge in [-0.3, -0.25) is 9.59 Å². The molecule has 1 aliphatic heterocycles. The van der Waals surface area contributed by atoms with E-state index < -0.39 is 30.1 Å². The first kappa shape index (κ1) is 16.3. The lowest BCUT2D eigenvalue weighted by molar-refractivity contribution is -0.309. The quantitative estimate of drug-likeness (QED) is 0.586. The second kappa shape index (κ2) is 6.17. The summed E-state index contributed by atoms with van der Waals surface area (Å²) in [6, 6.07) is 0. The number of carbonyl (C=O) groups excluding carboxylic acids is 2. The Hall–Kier alpha value is -1.53. The van der Waals surface area contributed by atoms with E-state index in [-0.39, 0.29) is 18.9 Å². The van der Waals surface area contributed by atoms with Crippen LogP contribution in [0.3, 0.4) is 0 Å². The number of cyclic esters (lactones) is 1. The molecule has 5 unspecified atom stereocenters. The molecule has 0 spiro atoms. The zero-order valence-corrected chi connectivity index (χ0v) is 12.6. The maximum atomic E-state index is 12.4. The van der Waals surface area contributed by atoms with Crippen LogP contribution in [0.1, 0.15) is 32.1 Å². The number of hydrogen-bond donors (Lipinski definition) is 0. The van der Waals surface area contributed by atoms with E-state index in [0.717, 1.165) is 12.8 Å². The van der Waals surface area contributed by atoms with Gasteiger partial charge in [-0.05, 0) is 49.9 Å². The molecule has 0 aromatic heterocycles. The largest absolute Gasteiger partial charge is 0.575 e. The van der Waals surface area contributed by atoms with Crippen molar-refractivity contribution in [2.24, 2.45) is 29.6 Å². The van der Waals surface area contributed by atoms with Gasteiger partial charge in [-0.2, -0.15) is 0 Å². The number of esters is 2. The van der Waals surface area contributed by atoms with E-state index in [0.29, 0.717) is 24.7 Å². The van der Waals surface area contributed by atoms with Crippen LogP contribution in [0.25, 0.3) is 0 Å². The van der Waals surface area contributed by atoms with E-state index in [1.165, 1.54) is 0 Å². The Bertz CT molecular complexity index is 514. The molecule has 2 bridgehead atoms. The average Bonchev–Trinajstić information content (AvgIpc) is 3.06. The van der Waals surface area contributed by atoms with Gasteiger partial charge < -0.3 is 9.47 Å². The van der Waals surface area contributed by atoms with Gasteiger partial charge in [-0.1, -0.05) is 12.2 Å². The summed E-state index contributed by atoms with van der Waals surface area (Å²) < 4.78 is 45.8. The average molecular weight is 332 g/mol. The van der Waals surface area contributed by atoms with Crippen molar-refractivity contribution in [1.29, 1.82) is 0 Å². The third kappa shape index (κ3) is 3.70. The first-order valence-electron chi connectivity index (χ1n) is 7.98. The second-order valence-corrected chi connectivity index (χ2v) is 6.67. The standard InChI is InChI=1S/C16H19F3O4/c17-16(18,19)23-15(21)13(12-2-1-5-22-14(12)20)8-11-7-9-3-4-10(11)6-9/h3-4,9-13H,1-2,5-8H2. The lowest BCUT2D eigenvalue weighted by atomic mass is 9.77. The molecule has 0 N–H and O–H groups in total. The van der Waals surface area contributed by atoms with E-state index in [1.54, 1.807) is 0 Å². The highest BCUT2D eigenvalue weighted by molar-refractivity contribution is 5.82. The van der Waals surface area contributed by atoms with Crippen LogP contribution >= 0.6 is 0 Å². The molecule has 23 heavy (non-hydrogen) atoms. The molecule has 128 valence electrons. The zero-order chi connectivity index (χ0) is 16.6. The van der Waals surface area contributed by atoms with Crippen molar-refractivity contribution in [3.63, 3.8) is 0 Å². The fourth-order valence-corrected chi connectivity index (χ4v) is 4.17. The predicted octanol–water partition coefficient (Wildman–Crippen LogP) is 3.22. The number of ether oxygens (including phenoxy) is 2. The minimum absolute atomic E-state index is 0.130.